The van der Waals surface area contributed by atoms with Crippen molar-refractivity contribution in [1.29, 1.82) is 0 Å². The minimum atomic E-state index is -0.924. The summed E-state index contributed by atoms with van der Waals surface area (Å²) in [5, 5.41) is 19.5. The van der Waals surface area contributed by atoms with E-state index in [-0.39, 0.29) is 13.2 Å². The van der Waals surface area contributed by atoms with Gasteiger partial charge in [-0.3, -0.25) is 4.79 Å². The maximum Gasteiger partial charge on any atom is 0.150 e. The molecule has 0 bridgehead atoms. The Bertz CT molecular complexity index is 436. The van der Waals surface area contributed by atoms with Gasteiger partial charge in [0.15, 0.2) is 0 Å². The quantitative estimate of drug-likeness (QED) is 0.798. The van der Waals surface area contributed by atoms with E-state index in [0.29, 0.717) is 29.7 Å². The SMILES string of the molecule is O=Cc1ccc(OCCO)cc1C1(O)CCCCC1. The molecule has 104 valence electrons. The number of hydrogen-bond acceptors (Lipinski definition) is 4. The second-order valence-electron chi connectivity index (χ2n) is 5.03. The number of hydrogen-bond donors (Lipinski definition) is 2. The topological polar surface area (TPSA) is 66.8 Å². The fourth-order valence-corrected chi connectivity index (χ4v) is 2.70. The lowest BCUT2D eigenvalue weighted by molar-refractivity contribution is -0.00136. The second-order valence-corrected chi connectivity index (χ2v) is 5.03. The molecule has 0 unspecified atom stereocenters. The highest BCUT2D eigenvalue weighted by Crippen LogP contribution is 2.39. The lowest BCUT2D eigenvalue weighted by atomic mass is 9.78. The molecule has 0 saturated heterocycles. The predicted octanol–water partition coefficient (Wildman–Crippen LogP) is 2.02. The Morgan fingerprint density at radius 2 is 2.00 bits per heavy atom. The molecule has 1 aliphatic carbocycles. The number of carbonyl (C=O) groups excluding carboxylic acids is 1. The Labute approximate surface area is 113 Å². The number of rotatable bonds is 5. The molecule has 0 aromatic heterocycles. The van der Waals surface area contributed by atoms with E-state index in [2.05, 4.69) is 0 Å². The van der Waals surface area contributed by atoms with Gasteiger partial charge in [0.25, 0.3) is 0 Å². The third kappa shape index (κ3) is 3.14. The Balaban J connectivity index is 2.32. The van der Waals surface area contributed by atoms with Crippen LogP contribution < -0.4 is 4.74 Å². The highest BCUT2D eigenvalue weighted by atomic mass is 16.5. The first-order chi connectivity index (χ1) is 9.19. The minimum Gasteiger partial charge on any atom is -0.491 e. The molecule has 0 heterocycles. The smallest absolute Gasteiger partial charge is 0.150 e. The van der Waals surface area contributed by atoms with E-state index in [4.69, 9.17) is 9.84 Å². The molecule has 0 radical (unpaired) electrons. The predicted molar refractivity (Wildman–Crippen MR) is 71.4 cm³/mol. The van der Waals surface area contributed by atoms with Gasteiger partial charge in [-0.25, -0.2) is 0 Å². The minimum absolute atomic E-state index is 0.0605. The van der Waals surface area contributed by atoms with Gasteiger partial charge < -0.3 is 14.9 Å². The van der Waals surface area contributed by atoms with Gasteiger partial charge in [0.2, 0.25) is 0 Å². The van der Waals surface area contributed by atoms with Gasteiger partial charge in [0.05, 0.1) is 12.2 Å². The zero-order valence-electron chi connectivity index (χ0n) is 11.0. The normalized spacial score (nSPS) is 18.0. The van der Waals surface area contributed by atoms with Crippen LogP contribution in [0.3, 0.4) is 0 Å². The van der Waals surface area contributed by atoms with Crippen LogP contribution in [0.2, 0.25) is 0 Å². The lowest BCUT2D eigenvalue weighted by Gasteiger charge is -2.33. The van der Waals surface area contributed by atoms with Crippen molar-refractivity contribution < 1.29 is 19.7 Å². The molecule has 1 fully saturated rings. The summed E-state index contributed by atoms with van der Waals surface area (Å²) >= 11 is 0. The summed E-state index contributed by atoms with van der Waals surface area (Å²) < 4.78 is 5.35. The first kappa shape index (κ1) is 14.0. The molecule has 4 heteroatoms. The molecular weight excluding hydrogens is 244 g/mol. The van der Waals surface area contributed by atoms with Gasteiger partial charge in [0.1, 0.15) is 18.6 Å². The molecule has 1 aromatic rings. The van der Waals surface area contributed by atoms with Gasteiger partial charge >= 0.3 is 0 Å². The molecule has 0 amide bonds. The van der Waals surface area contributed by atoms with E-state index < -0.39 is 5.60 Å². The highest BCUT2D eigenvalue weighted by Gasteiger charge is 2.33. The Hall–Kier alpha value is -1.39. The van der Waals surface area contributed by atoms with Crippen molar-refractivity contribution >= 4 is 6.29 Å². The number of benzene rings is 1. The monoisotopic (exact) mass is 264 g/mol. The molecule has 1 saturated carbocycles. The largest absolute Gasteiger partial charge is 0.491 e. The summed E-state index contributed by atoms with van der Waals surface area (Å²) in [5.41, 5.74) is 0.242. The maximum atomic E-state index is 11.1. The van der Waals surface area contributed by atoms with Crippen LogP contribution in [-0.4, -0.2) is 29.7 Å². The number of carbonyl (C=O) groups is 1. The molecule has 2 rings (SSSR count). The molecule has 1 aromatic carbocycles. The van der Waals surface area contributed by atoms with Crippen LogP contribution in [0, 0.1) is 0 Å². The van der Waals surface area contributed by atoms with Crippen LogP contribution in [0.5, 0.6) is 5.75 Å². The third-order valence-corrected chi connectivity index (χ3v) is 3.69. The van der Waals surface area contributed by atoms with Crippen molar-refractivity contribution in [3.63, 3.8) is 0 Å². The summed E-state index contributed by atoms with van der Waals surface area (Å²) in [7, 11) is 0. The summed E-state index contributed by atoms with van der Waals surface area (Å²) in [6.45, 7) is 0.146. The van der Waals surface area contributed by atoms with Crippen LogP contribution in [0.25, 0.3) is 0 Å². The average molecular weight is 264 g/mol. The van der Waals surface area contributed by atoms with Gasteiger partial charge in [-0.05, 0) is 36.6 Å². The van der Waals surface area contributed by atoms with Gasteiger partial charge in [-0.1, -0.05) is 19.3 Å². The van der Waals surface area contributed by atoms with Crippen LogP contribution in [0.4, 0.5) is 0 Å². The Morgan fingerprint density at radius 1 is 1.26 bits per heavy atom. The van der Waals surface area contributed by atoms with Crippen LogP contribution in [0.15, 0.2) is 18.2 Å². The van der Waals surface area contributed by atoms with Crippen molar-refractivity contribution in [2.75, 3.05) is 13.2 Å². The lowest BCUT2D eigenvalue weighted by Crippen LogP contribution is -2.29. The molecule has 0 spiro atoms. The van der Waals surface area contributed by atoms with E-state index in [1.54, 1.807) is 18.2 Å². The molecular formula is C15H20O4. The summed E-state index contributed by atoms with van der Waals surface area (Å²) in [6.07, 6.45) is 5.19. The zero-order valence-corrected chi connectivity index (χ0v) is 11.0. The Kier molecular flexibility index (Phi) is 4.56. The van der Waals surface area contributed by atoms with Gasteiger partial charge in [0, 0.05) is 5.56 Å². The van der Waals surface area contributed by atoms with Crippen molar-refractivity contribution in [1.82, 2.24) is 0 Å². The fraction of sp³-hybridized carbons (Fsp3) is 0.533. The molecule has 1 aliphatic rings. The van der Waals surface area contributed by atoms with Crippen molar-refractivity contribution in [3.05, 3.63) is 29.3 Å². The number of aliphatic hydroxyl groups excluding tert-OH is 1. The van der Waals surface area contributed by atoms with Gasteiger partial charge in [-0.15, -0.1) is 0 Å². The average Bonchev–Trinajstić information content (AvgIpc) is 2.45. The van der Waals surface area contributed by atoms with E-state index in [0.717, 1.165) is 25.5 Å². The fourth-order valence-electron chi connectivity index (χ4n) is 2.70. The molecule has 0 aliphatic heterocycles. The van der Waals surface area contributed by atoms with E-state index in [9.17, 15) is 9.90 Å². The third-order valence-electron chi connectivity index (χ3n) is 3.69. The number of aliphatic hydroxyl groups is 2. The van der Waals surface area contributed by atoms with Crippen molar-refractivity contribution in [2.45, 2.75) is 37.7 Å². The first-order valence-corrected chi connectivity index (χ1v) is 6.75. The molecule has 2 N–H and O–H groups in total. The second kappa shape index (κ2) is 6.17. The van der Waals surface area contributed by atoms with E-state index in [1.165, 1.54) is 0 Å². The van der Waals surface area contributed by atoms with Gasteiger partial charge in [-0.2, -0.15) is 0 Å². The summed E-state index contributed by atoms with van der Waals surface area (Å²) in [4.78, 5) is 11.1. The van der Waals surface area contributed by atoms with Crippen LogP contribution in [0.1, 0.15) is 48.0 Å². The van der Waals surface area contributed by atoms with E-state index >= 15 is 0 Å². The molecule has 19 heavy (non-hydrogen) atoms. The first-order valence-electron chi connectivity index (χ1n) is 6.75. The molecule has 0 atom stereocenters. The molecule has 4 nitrogen and oxygen atoms in total. The number of ether oxygens (including phenoxy) is 1. The van der Waals surface area contributed by atoms with Crippen LogP contribution >= 0.6 is 0 Å². The zero-order chi connectivity index (χ0) is 13.7. The maximum absolute atomic E-state index is 11.1. The van der Waals surface area contributed by atoms with Crippen molar-refractivity contribution in [2.24, 2.45) is 0 Å². The summed E-state index contributed by atoms with van der Waals surface area (Å²) in [5.74, 6) is 0.577. The summed E-state index contributed by atoms with van der Waals surface area (Å²) in [6, 6.07) is 5.08. The van der Waals surface area contributed by atoms with Crippen molar-refractivity contribution in [3.8, 4) is 5.75 Å². The number of aldehydes is 1. The standard InChI is InChI=1S/C15H20O4/c16-8-9-19-13-5-4-12(11-17)14(10-13)15(18)6-2-1-3-7-15/h4-5,10-11,16,18H,1-3,6-9H2. The van der Waals surface area contributed by atoms with E-state index in [1.807, 2.05) is 0 Å². The van der Waals surface area contributed by atoms with Crippen LogP contribution in [-0.2, 0) is 5.60 Å². The highest BCUT2D eigenvalue weighted by molar-refractivity contribution is 5.78. The Morgan fingerprint density at radius 3 is 2.63 bits per heavy atom.